The van der Waals surface area contributed by atoms with E-state index in [9.17, 15) is 47.0 Å². The van der Waals surface area contributed by atoms with E-state index >= 15 is 0 Å². The van der Waals surface area contributed by atoms with E-state index < -0.39 is 58.7 Å². The van der Waals surface area contributed by atoms with E-state index in [-0.39, 0.29) is 113 Å². The molecule has 6 aromatic rings. The van der Waals surface area contributed by atoms with Gasteiger partial charge < -0.3 is 84.2 Å². The molecule has 96 heavy (non-hydrogen) atoms. The van der Waals surface area contributed by atoms with Crippen LogP contribution in [0, 0.1) is 17.5 Å². The molecule has 23 nitrogen and oxygen atoms in total. The molecule has 6 aromatic carbocycles. The van der Waals surface area contributed by atoms with Gasteiger partial charge in [0.2, 0.25) is 17.2 Å². The van der Waals surface area contributed by atoms with E-state index in [0.29, 0.717) is 71.6 Å². The largest absolute Gasteiger partial charge is 1.00 e. The zero-order valence-corrected chi connectivity index (χ0v) is 56.7. The standard InChI is InChI=1S/C23H28FNO6.C22H26FNO6.C15H22O5.C8H8FNO2.CH4.Li.H2O/c1-7-29-21-19(30-13(2)3)10-15(11-20(21)31-14(4)5)22(26)25-16-8-9-17(18(24)12-16)23(27)28-6;1-6-28-20-18(29-12(2)3)9-14(10-19(20)30-13(4)5)21(25)24-15-7-8-16(22(26)27)17(23)11-15;1-6-18-14-12(19-9(2)3)7-11(15(16)17)8-13(14)20-10(4)5;1-12-8(11)6-3-2-5(10)4-7(6)9;;;/h8-14H,7H2,1-6H3,(H,25,26);7-13H,6H2,1-5H3,(H,24,25)(H,26,27);7-10H,6H2,1-5H3,(H,16,17);2-4H,10H2,1H3;1H4;;1H2/q;;;;;+1;/p-1. The summed E-state index contributed by atoms with van der Waals surface area (Å²) < 4.78 is 101. The van der Waals surface area contributed by atoms with Gasteiger partial charge in [0, 0.05) is 28.2 Å². The maximum absolute atomic E-state index is 14.2. The van der Waals surface area contributed by atoms with Crippen LogP contribution < -0.4 is 77.9 Å². The first kappa shape index (κ1) is 86.5. The number of halogens is 3. The molecule has 522 valence electrons. The topological polar surface area (TPSA) is 324 Å². The molecule has 0 heterocycles. The van der Waals surface area contributed by atoms with E-state index in [2.05, 4.69) is 20.1 Å². The maximum atomic E-state index is 14.2. The number of nitrogens with one attached hydrogen (secondary N) is 2. The first-order valence-corrected chi connectivity index (χ1v) is 29.6. The smallest absolute Gasteiger partial charge is 0.870 e. The molecule has 0 radical (unpaired) electrons. The number of benzene rings is 6. The van der Waals surface area contributed by atoms with Crippen molar-refractivity contribution < 1.29 is 129 Å². The minimum Gasteiger partial charge on any atom is -0.870 e. The quantitative estimate of drug-likeness (QED) is 0.0191. The van der Waals surface area contributed by atoms with Gasteiger partial charge in [-0.15, -0.1) is 0 Å². The molecule has 2 amide bonds. The molecule has 0 saturated carbocycles. The predicted octanol–water partition coefficient (Wildman–Crippen LogP) is 11.6. The van der Waals surface area contributed by atoms with E-state index in [1.807, 2.05) is 104 Å². The number of esters is 2. The number of nitrogen functional groups attached to an aromatic ring is 1. The van der Waals surface area contributed by atoms with Crippen LogP contribution in [0.4, 0.5) is 30.2 Å². The van der Waals surface area contributed by atoms with E-state index in [1.54, 1.807) is 12.1 Å². The summed E-state index contributed by atoms with van der Waals surface area (Å²) in [6, 6.07) is 19.9. The van der Waals surface area contributed by atoms with Gasteiger partial charge in [0.15, 0.2) is 34.5 Å². The molecule has 0 fully saturated rings. The monoisotopic (exact) mass is 1340 g/mol. The van der Waals surface area contributed by atoms with Gasteiger partial charge in [-0.2, -0.15) is 0 Å². The number of anilines is 3. The summed E-state index contributed by atoms with van der Waals surface area (Å²) in [5.74, 6) is -3.91. The van der Waals surface area contributed by atoms with Gasteiger partial charge in [-0.25, -0.2) is 32.3 Å². The van der Waals surface area contributed by atoms with Crippen molar-refractivity contribution in [2.24, 2.45) is 0 Å². The molecule has 0 aliphatic carbocycles. The molecule has 0 saturated heterocycles. The Balaban J connectivity index is 0.00000130. The molecule has 0 unspecified atom stereocenters. The van der Waals surface area contributed by atoms with Gasteiger partial charge in [0.05, 0.1) is 92.9 Å². The maximum Gasteiger partial charge on any atom is 1.00 e. The number of carboxylic acid groups (broad SMARTS) is 2. The third-order valence-electron chi connectivity index (χ3n) is 11.4. The predicted molar refractivity (Wildman–Crippen MR) is 352 cm³/mol. The first-order valence-electron chi connectivity index (χ1n) is 29.6. The number of ether oxygens (including phenoxy) is 11. The Morgan fingerprint density at radius 1 is 0.417 bits per heavy atom. The van der Waals surface area contributed by atoms with Crippen molar-refractivity contribution in [2.45, 2.75) is 148 Å². The Labute approximate surface area is 570 Å². The van der Waals surface area contributed by atoms with Crippen molar-refractivity contribution >= 4 is 52.8 Å². The van der Waals surface area contributed by atoms with Crippen LogP contribution in [-0.4, -0.2) is 122 Å². The molecule has 0 atom stereocenters. The molecule has 0 spiro atoms. The number of nitrogens with two attached hydrogens (primary N) is 1. The van der Waals surface area contributed by atoms with Gasteiger partial charge in [0.25, 0.3) is 11.8 Å². The summed E-state index contributed by atoms with van der Waals surface area (Å²) in [5.41, 5.74) is 5.62. The van der Waals surface area contributed by atoms with Crippen LogP contribution in [0.5, 0.6) is 51.7 Å². The number of carbonyl (C=O) groups excluding carboxylic acids is 4. The van der Waals surface area contributed by atoms with Gasteiger partial charge in [-0.1, -0.05) is 7.43 Å². The summed E-state index contributed by atoms with van der Waals surface area (Å²) in [4.78, 5) is 70.2. The van der Waals surface area contributed by atoms with Crippen molar-refractivity contribution in [3.8, 4) is 51.7 Å². The van der Waals surface area contributed by atoms with Gasteiger partial charge >= 0.3 is 42.7 Å². The van der Waals surface area contributed by atoms with Crippen LogP contribution in [0.1, 0.15) is 173 Å². The minimum absolute atomic E-state index is 0. The van der Waals surface area contributed by atoms with Gasteiger partial charge in [-0.3, -0.25) is 9.59 Å². The van der Waals surface area contributed by atoms with Crippen LogP contribution >= 0.6 is 0 Å². The summed E-state index contributed by atoms with van der Waals surface area (Å²) in [6.07, 6.45) is -0.858. The van der Waals surface area contributed by atoms with Crippen LogP contribution in [0.15, 0.2) is 91.0 Å². The third kappa shape index (κ3) is 27.4. The van der Waals surface area contributed by atoms with Crippen molar-refractivity contribution in [3.05, 3.63) is 142 Å². The normalized spacial score (nSPS) is 10.3. The Hall–Kier alpha value is -9.51. The molecular formula is C69H89F3LiN3O20. The number of carboxylic acids is 2. The second-order valence-electron chi connectivity index (χ2n) is 21.3. The van der Waals surface area contributed by atoms with Crippen LogP contribution in [0.25, 0.3) is 0 Å². The summed E-state index contributed by atoms with van der Waals surface area (Å²) in [6.45, 7) is 29.0. The SMILES string of the molecule is C.CCOc1c(OC(C)C)cc(C(=O)Nc2ccc(C(=O)O)c(F)c2)cc1OC(C)C.CCOc1c(OC(C)C)cc(C(=O)Nc2ccc(C(=O)OC)c(F)c2)cc1OC(C)C.CCOc1c(OC(C)C)cc(C(=O)O)cc1OC(C)C.COC(=O)c1ccc(N)cc1F.[Li+].[OH-]. The van der Waals surface area contributed by atoms with Gasteiger partial charge in [0.1, 0.15) is 17.5 Å². The molecule has 0 aliphatic rings. The van der Waals surface area contributed by atoms with Crippen LogP contribution in [0.2, 0.25) is 0 Å². The Bertz CT molecular complexity index is 3430. The molecular weight excluding hydrogens is 1250 g/mol. The molecule has 6 rings (SSSR count). The molecule has 0 bridgehead atoms. The van der Waals surface area contributed by atoms with Gasteiger partial charge in [-0.05, 0) is 195 Å². The van der Waals surface area contributed by atoms with E-state index in [0.717, 1.165) is 31.4 Å². The Morgan fingerprint density at radius 2 is 0.677 bits per heavy atom. The van der Waals surface area contributed by atoms with E-state index in [1.165, 1.54) is 61.7 Å². The number of carbonyl (C=O) groups is 6. The van der Waals surface area contributed by atoms with Crippen molar-refractivity contribution in [2.75, 3.05) is 50.4 Å². The second-order valence-corrected chi connectivity index (χ2v) is 21.3. The number of aromatic carboxylic acids is 2. The number of hydrogen-bond acceptors (Lipinski definition) is 19. The molecule has 0 aliphatic heterocycles. The number of methoxy groups -OCH3 is 2. The molecule has 27 heteroatoms. The fraction of sp³-hybridized carbons (Fsp3) is 0.391. The second kappa shape index (κ2) is 42.0. The van der Waals surface area contributed by atoms with Crippen molar-refractivity contribution in [3.63, 3.8) is 0 Å². The number of amides is 2. The van der Waals surface area contributed by atoms with Crippen LogP contribution in [0.3, 0.4) is 0 Å². The fourth-order valence-electron chi connectivity index (χ4n) is 7.87. The first-order chi connectivity index (χ1) is 43.8. The van der Waals surface area contributed by atoms with Crippen molar-refractivity contribution in [1.29, 1.82) is 0 Å². The summed E-state index contributed by atoms with van der Waals surface area (Å²) in [7, 11) is 2.36. The molecule has 7 N–H and O–H groups in total. The molecule has 0 aromatic heterocycles. The average molecular weight is 1340 g/mol. The minimum atomic E-state index is -1.39. The van der Waals surface area contributed by atoms with Crippen LogP contribution in [-0.2, 0) is 9.47 Å². The Kier molecular flexibility index (Phi) is 37.9. The fourth-order valence-corrected chi connectivity index (χ4v) is 7.87. The Morgan fingerprint density at radius 3 is 0.906 bits per heavy atom. The van der Waals surface area contributed by atoms with Crippen molar-refractivity contribution in [1.82, 2.24) is 0 Å². The average Bonchev–Trinajstić information content (AvgIpc) is 0.836. The number of rotatable bonds is 26. The zero-order valence-electron chi connectivity index (χ0n) is 56.7. The number of hydrogen-bond donors (Lipinski definition) is 5. The summed E-state index contributed by atoms with van der Waals surface area (Å²) in [5, 5.41) is 23.3. The van der Waals surface area contributed by atoms with E-state index in [4.69, 9.17) is 53.5 Å². The zero-order chi connectivity index (χ0) is 70.0. The summed E-state index contributed by atoms with van der Waals surface area (Å²) >= 11 is 0. The third-order valence-corrected chi connectivity index (χ3v) is 11.4.